The monoisotopic (exact) mass is 413 g/mol. The highest BCUT2D eigenvalue weighted by Gasteiger charge is 2.24. The van der Waals surface area contributed by atoms with Crippen molar-refractivity contribution in [3.8, 4) is 5.82 Å². The number of nitrogens with zero attached hydrogens (tertiary/aromatic N) is 3. The molecule has 0 saturated carbocycles. The molecule has 1 amide bonds. The number of quaternary nitrogens is 2. The number of amides is 1. The van der Waals surface area contributed by atoms with E-state index in [0.717, 1.165) is 54.7 Å². The minimum Gasteiger partial charge on any atom is -0.360 e. The summed E-state index contributed by atoms with van der Waals surface area (Å²) in [5.74, 6) is 1.68. The second-order valence-electron chi connectivity index (χ2n) is 8.82. The Hall–Kier alpha value is -2.38. The van der Waals surface area contributed by atoms with Crippen LogP contribution in [-0.4, -0.2) is 72.9 Å². The topological polar surface area (TPSA) is 60.2 Å². The number of carbonyl (C=O) groups is 1. The van der Waals surface area contributed by atoms with Crippen molar-refractivity contribution in [2.75, 3.05) is 52.4 Å². The number of aromatic nitrogens is 2. The van der Waals surface area contributed by atoms with Crippen LogP contribution in [0, 0.1) is 20.8 Å². The van der Waals surface area contributed by atoms with E-state index in [1.807, 2.05) is 37.8 Å². The summed E-state index contributed by atoms with van der Waals surface area (Å²) in [4.78, 5) is 18.1. The van der Waals surface area contributed by atoms with Crippen LogP contribution in [0.2, 0.25) is 0 Å². The van der Waals surface area contributed by atoms with E-state index in [1.54, 1.807) is 15.9 Å². The Morgan fingerprint density at radius 3 is 2.37 bits per heavy atom. The van der Waals surface area contributed by atoms with Crippen LogP contribution in [0.5, 0.6) is 0 Å². The van der Waals surface area contributed by atoms with Gasteiger partial charge >= 0.3 is 0 Å². The second kappa shape index (κ2) is 9.18. The number of nitrogens with one attached hydrogen (secondary N) is 2. The largest absolute Gasteiger partial charge is 0.360 e. The van der Waals surface area contributed by atoms with Gasteiger partial charge in [-0.2, -0.15) is 0 Å². The summed E-state index contributed by atoms with van der Waals surface area (Å²) in [7, 11) is 0. The molecule has 2 N–H and O–H groups in total. The van der Waals surface area contributed by atoms with E-state index in [1.165, 1.54) is 39.0 Å². The van der Waals surface area contributed by atoms with Crippen molar-refractivity contribution in [3.05, 3.63) is 40.9 Å². The zero-order chi connectivity index (χ0) is 21.1. The maximum atomic E-state index is 12.7. The molecule has 0 bridgehead atoms. The molecule has 30 heavy (non-hydrogen) atoms. The molecule has 0 spiro atoms. The lowest BCUT2D eigenvalue weighted by molar-refractivity contribution is -0.954. The summed E-state index contributed by atoms with van der Waals surface area (Å²) < 4.78 is 7.28. The van der Waals surface area contributed by atoms with Crippen LogP contribution in [0.1, 0.15) is 35.6 Å². The van der Waals surface area contributed by atoms with Crippen molar-refractivity contribution in [3.63, 3.8) is 0 Å². The van der Waals surface area contributed by atoms with Crippen molar-refractivity contribution in [1.29, 1.82) is 0 Å². The Balaban J connectivity index is 1.31. The van der Waals surface area contributed by atoms with Crippen LogP contribution in [-0.2, 0) is 4.79 Å². The average molecular weight is 414 g/mol. The molecule has 0 atom stereocenters. The molecule has 2 saturated heterocycles. The molecule has 0 unspecified atom stereocenters. The van der Waals surface area contributed by atoms with Gasteiger partial charge in [0, 0.05) is 36.4 Å². The van der Waals surface area contributed by atoms with Gasteiger partial charge in [0.1, 0.15) is 18.8 Å². The molecule has 2 aromatic rings. The minimum absolute atomic E-state index is 0.112. The number of hydrogen-bond acceptors (Lipinski definition) is 3. The van der Waals surface area contributed by atoms with Crippen LogP contribution < -0.4 is 9.80 Å². The van der Waals surface area contributed by atoms with Gasteiger partial charge in [-0.3, -0.25) is 9.36 Å². The molecule has 4 heterocycles. The van der Waals surface area contributed by atoms with Gasteiger partial charge in [-0.1, -0.05) is 5.16 Å². The predicted octanol–water partition coefficient (Wildman–Crippen LogP) is -0.190. The van der Waals surface area contributed by atoms with Crippen LogP contribution in [0.3, 0.4) is 0 Å². The SMILES string of the molecule is Cc1cc(-n2c(C)cc(/C=C/C(=O)N3CC[NH+](CC[NH+]4CCCC4)CC3)c2C)no1. The second-order valence-corrected chi connectivity index (χ2v) is 8.82. The molecule has 2 aromatic heterocycles. The fraction of sp³-hybridized carbons (Fsp3) is 0.565. The standard InChI is InChI=1S/C23H33N5O2/c1-18-16-21(20(3)28(18)22-17-19(2)30-24-22)6-7-23(29)27-14-12-26(13-15-27)11-10-25-8-4-5-9-25/h6-7,16-17H,4-5,8-15H2,1-3H3/p+2/b7-6+. The predicted molar refractivity (Wildman–Crippen MR) is 116 cm³/mol. The lowest BCUT2D eigenvalue weighted by atomic mass is 10.2. The lowest BCUT2D eigenvalue weighted by Crippen LogP contribution is -3.21. The van der Waals surface area contributed by atoms with Crippen molar-refractivity contribution >= 4 is 12.0 Å². The fourth-order valence-corrected chi connectivity index (χ4v) is 4.81. The molecule has 162 valence electrons. The minimum atomic E-state index is 0.112. The molecule has 4 rings (SSSR count). The first-order chi connectivity index (χ1) is 14.5. The van der Waals surface area contributed by atoms with E-state index in [-0.39, 0.29) is 5.91 Å². The number of aryl methyl sites for hydroxylation is 2. The number of piperazine rings is 1. The van der Waals surface area contributed by atoms with Crippen LogP contribution >= 0.6 is 0 Å². The van der Waals surface area contributed by atoms with Crippen molar-refractivity contribution in [1.82, 2.24) is 14.6 Å². The van der Waals surface area contributed by atoms with Gasteiger partial charge < -0.3 is 19.2 Å². The highest BCUT2D eigenvalue weighted by molar-refractivity contribution is 5.92. The van der Waals surface area contributed by atoms with E-state index in [0.29, 0.717) is 0 Å². The van der Waals surface area contributed by atoms with Crippen molar-refractivity contribution in [2.45, 2.75) is 33.6 Å². The van der Waals surface area contributed by atoms with Crippen LogP contribution in [0.15, 0.2) is 22.7 Å². The Labute approximate surface area is 178 Å². The number of rotatable bonds is 6. The summed E-state index contributed by atoms with van der Waals surface area (Å²) in [6, 6.07) is 4.01. The third kappa shape index (κ3) is 4.68. The van der Waals surface area contributed by atoms with Crippen LogP contribution in [0.4, 0.5) is 0 Å². The summed E-state index contributed by atoms with van der Waals surface area (Å²) in [5, 5.41) is 4.12. The summed E-state index contributed by atoms with van der Waals surface area (Å²) >= 11 is 0. The van der Waals surface area contributed by atoms with Gasteiger partial charge in [0.05, 0.1) is 39.3 Å². The van der Waals surface area contributed by atoms with E-state index in [9.17, 15) is 4.79 Å². The van der Waals surface area contributed by atoms with Crippen molar-refractivity contribution in [2.24, 2.45) is 0 Å². The molecule has 7 heteroatoms. The summed E-state index contributed by atoms with van der Waals surface area (Å²) in [6.45, 7) is 15.0. The Morgan fingerprint density at radius 2 is 1.73 bits per heavy atom. The van der Waals surface area contributed by atoms with Gasteiger partial charge in [0.15, 0.2) is 5.82 Å². The van der Waals surface area contributed by atoms with Crippen molar-refractivity contribution < 1.29 is 19.1 Å². The maximum Gasteiger partial charge on any atom is 0.246 e. The summed E-state index contributed by atoms with van der Waals surface area (Å²) in [6.07, 6.45) is 6.43. The summed E-state index contributed by atoms with van der Waals surface area (Å²) in [5.41, 5.74) is 3.17. The quantitative estimate of drug-likeness (QED) is 0.646. The van der Waals surface area contributed by atoms with Gasteiger partial charge in [0.25, 0.3) is 0 Å². The Kier molecular flexibility index (Phi) is 6.39. The number of likely N-dealkylation sites (tertiary alicyclic amines) is 1. The molecular formula is C23H35N5O2+2. The highest BCUT2D eigenvalue weighted by atomic mass is 16.5. The molecule has 0 aliphatic carbocycles. The molecule has 7 nitrogen and oxygen atoms in total. The number of carbonyl (C=O) groups excluding carboxylic acids is 1. The first kappa shape index (κ1) is 20.9. The van der Waals surface area contributed by atoms with Gasteiger partial charge in [-0.05, 0) is 38.5 Å². The van der Waals surface area contributed by atoms with Gasteiger partial charge in [-0.15, -0.1) is 0 Å². The zero-order valence-electron chi connectivity index (χ0n) is 18.5. The Bertz CT molecular complexity index is 899. The number of hydrogen-bond donors (Lipinski definition) is 2. The van der Waals surface area contributed by atoms with E-state index in [2.05, 4.69) is 15.8 Å². The van der Waals surface area contributed by atoms with E-state index < -0.39 is 0 Å². The molecule has 2 aliphatic heterocycles. The normalized spacial score (nSPS) is 18.7. The lowest BCUT2D eigenvalue weighted by Gasteiger charge is -2.31. The third-order valence-electron chi connectivity index (χ3n) is 6.65. The first-order valence-corrected chi connectivity index (χ1v) is 11.3. The molecule has 2 aliphatic rings. The van der Waals surface area contributed by atoms with E-state index in [4.69, 9.17) is 4.52 Å². The van der Waals surface area contributed by atoms with Gasteiger partial charge in [0.2, 0.25) is 5.91 Å². The maximum absolute atomic E-state index is 12.7. The molecule has 0 aromatic carbocycles. The van der Waals surface area contributed by atoms with Crippen LogP contribution in [0.25, 0.3) is 11.9 Å². The van der Waals surface area contributed by atoms with Gasteiger partial charge in [-0.25, -0.2) is 0 Å². The molecule has 0 radical (unpaired) electrons. The Morgan fingerprint density at radius 1 is 1.07 bits per heavy atom. The average Bonchev–Trinajstić information content (AvgIpc) is 3.46. The molecular weight excluding hydrogens is 378 g/mol. The zero-order valence-corrected chi connectivity index (χ0v) is 18.5. The van der Waals surface area contributed by atoms with E-state index >= 15 is 0 Å². The molecule has 2 fully saturated rings. The highest BCUT2D eigenvalue weighted by Crippen LogP contribution is 2.21. The third-order valence-corrected chi connectivity index (χ3v) is 6.65. The fourth-order valence-electron chi connectivity index (χ4n) is 4.81. The first-order valence-electron chi connectivity index (χ1n) is 11.3. The smallest absolute Gasteiger partial charge is 0.246 e.